The lowest BCUT2D eigenvalue weighted by molar-refractivity contribution is -0.137. The molecule has 0 atom stereocenters. The fourth-order valence-electron chi connectivity index (χ4n) is 3.87. The van der Waals surface area contributed by atoms with Crippen LogP contribution >= 0.6 is 11.6 Å². The maximum absolute atomic E-state index is 14.0. The minimum absolute atomic E-state index is 0.0207. The van der Waals surface area contributed by atoms with Gasteiger partial charge >= 0.3 is 12.3 Å². The average Bonchev–Trinajstić information content (AvgIpc) is 2.81. The number of aromatic nitrogens is 3. The number of anilines is 2. The predicted octanol–water partition coefficient (Wildman–Crippen LogP) is 5.14. The topological polar surface area (TPSA) is 83.5 Å². The van der Waals surface area contributed by atoms with Crippen molar-refractivity contribution in [3.05, 3.63) is 41.2 Å². The highest BCUT2D eigenvalue weighted by Gasteiger charge is 2.36. The Morgan fingerprint density at radius 2 is 1.83 bits per heavy atom. The van der Waals surface area contributed by atoms with Gasteiger partial charge in [-0.2, -0.15) is 13.2 Å². The molecule has 0 aliphatic carbocycles. The molecule has 1 aliphatic heterocycles. The maximum atomic E-state index is 14.0. The first kappa shape index (κ1) is 25.9. The summed E-state index contributed by atoms with van der Waals surface area (Å²) >= 11 is 6.55. The van der Waals surface area contributed by atoms with Crippen molar-refractivity contribution in [2.45, 2.75) is 32.5 Å². The summed E-state index contributed by atoms with van der Waals surface area (Å²) in [6, 6.07) is 5.04. The number of amides is 1. The highest BCUT2D eigenvalue weighted by atomic mass is 35.5. The van der Waals surface area contributed by atoms with Gasteiger partial charge in [0.25, 0.3) is 0 Å². The summed E-state index contributed by atoms with van der Waals surface area (Å²) in [5.41, 5.74) is -1.71. The van der Waals surface area contributed by atoms with Crippen LogP contribution in [0.15, 0.2) is 30.6 Å². The van der Waals surface area contributed by atoms with Crippen LogP contribution in [0.5, 0.6) is 0 Å². The number of rotatable bonds is 3. The van der Waals surface area contributed by atoms with Crippen LogP contribution in [0.25, 0.3) is 22.2 Å². The number of halogens is 4. The summed E-state index contributed by atoms with van der Waals surface area (Å²) in [6.07, 6.45) is -4.08. The summed E-state index contributed by atoms with van der Waals surface area (Å²) in [4.78, 5) is 28.5. The van der Waals surface area contributed by atoms with E-state index in [-0.39, 0.29) is 16.4 Å². The second-order valence-corrected chi connectivity index (χ2v) is 9.79. The number of nitrogens with zero attached hydrogens (tertiary/aromatic N) is 5. The van der Waals surface area contributed by atoms with Crippen molar-refractivity contribution in [2.24, 2.45) is 0 Å². The zero-order valence-electron chi connectivity index (χ0n) is 20.3. The van der Waals surface area contributed by atoms with E-state index in [1.807, 2.05) is 0 Å². The summed E-state index contributed by atoms with van der Waals surface area (Å²) < 4.78 is 47.2. The smallest absolute Gasteiger partial charge is 0.418 e. The first-order chi connectivity index (χ1) is 16.8. The Balaban J connectivity index is 1.83. The zero-order chi connectivity index (χ0) is 26.3. The molecule has 36 heavy (non-hydrogen) atoms. The Bertz CT molecular complexity index is 1290. The molecular formula is C24H26ClF3N6O2. The fourth-order valence-corrected chi connectivity index (χ4v) is 4.12. The van der Waals surface area contributed by atoms with Gasteiger partial charge in [0.1, 0.15) is 23.6 Å². The number of benzene rings is 1. The van der Waals surface area contributed by atoms with Gasteiger partial charge in [0.05, 0.1) is 21.8 Å². The van der Waals surface area contributed by atoms with Crippen molar-refractivity contribution in [2.75, 3.05) is 43.0 Å². The molecule has 1 fully saturated rings. The highest BCUT2D eigenvalue weighted by molar-refractivity contribution is 6.34. The van der Waals surface area contributed by atoms with Gasteiger partial charge in [-0.1, -0.05) is 11.6 Å². The van der Waals surface area contributed by atoms with Gasteiger partial charge in [0.15, 0.2) is 0 Å². The SMILES string of the molecule is CN(C(=O)OC(C)(C)C)c1ccc(C(F)(F)F)c(-c2cc3ncnc(N4CCNCC4)c3cc2Cl)n1. The van der Waals surface area contributed by atoms with Crippen molar-refractivity contribution >= 4 is 40.2 Å². The van der Waals surface area contributed by atoms with Gasteiger partial charge in [-0.3, -0.25) is 4.90 Å². The molecule has 1 N–H and O–H groups in total. The van der Waals surface area contributed by atoms with Crippen molar-refractivity contribution in [3.8, 4) is 11.3 Å². The van der Waals surface area contributed by atoms with Gasteiger partial charge in [-0.25, -0.2) is 19.7 Å². The number of pyridine rings is 1. The number of piperazine rings is 1. The van der Waals surface area contributed by atoms with E-state index in [0.717, 1.165) is 43.2 Å². The number of carbonyl (C=O) groups is 1. The van der Waals surface area contributed by atoms with Crippen LogP contribution in [0, 0.1) is 0 Å². The molecule has 2 aromatic heterocycles. The Morgan fingerprint density at radius 3 is 2.47 bits per heavy atom. The molecule has 8 nitrogen and oxygen atoms in total. The lowest BCUT2D eigenvalue weighted by atomic mass is 10.0. The number of hydrogen-bond donors (Lipinski definition) is 1. The maximum Gasteiger partial charge on any atom is 0.418 e. The van der Waals surface area contributed by atoms with E-state index in [4.69, 9.17) is 16.3 Å². The van der Waals surface area contributed by atoms with Crippen LogP contribution in [0.4, 0.5) is 29.6 Å². The monoisotopic (exact) mass is 522 g/mol. The Morgan fingerprint density at radius 1 is 1.14 bits per heavy atom. The van der Waals surface area contributed by atoms with E-state index in [9.17, 15) is 18.0 Å². The number of ether oxygens (including phenoxy) is 1. The van der Waals surface area contributed by atoms with Crippen molar-refractivity contribution in [1.82, 2.24) is 20.3 Å². The molecule has 1 aromatic carbocycles. The van der Waals surface area contributed by atoms with Crippen molar-refractivity contribution in [3.63, 3.8) is 0 Å². The van der Waals surface area contributed by atoms with Crippen LogP contribution in [0.3, 0.4) is 0 Å². The number of fused-ring (bicyclic) bond motifs is 1. The van der Waals surface area contributed by atoms with Crippen LogP contribution < -0.4 is 15.1 Å². The van der Waals surface area contributed by atoms with Crippen molar-refractivity contribution < 1.29 is 22.7 Å². The summed E-state index contributed by atoms with van der Waals surface area (Å²) in [6.45, 7) is 8.10. The zero-order valence-corrected chi connectivity index (χ0v) is 21.0. The van der Waals surface area contributed by atoms with E-state index in [1.165, 1.54) is 19.4 Å². The number of nitrogens with one attached hydrogen (secondary N) is 1. The minimum atomic E-state index is -4.71. The van der Waals surface area contributed by atoms with Crippen LogP contribution in [-0.4, -0.2) is 59.9 Å². The van der Waals surface area contributed by atoms with E-state index < -0.39 is 29.1 Å². The van der Waals surface area contributed by atoms with Crippen LogP contribution in [0.1, 0.15) is 26.3 Å². The molecule has 4 rings (SSSR count). The largest absolute Gasteiger partial charge is 0.443 e. The number of alkyl halides is 3. The van der Waals surface area contributed by atoms with E-state index in [0.29, 0.717) is 16.7 Å². The molecule has 1 aliphatic rings. The third-order valence-electron chi connectivity index (χ3n) is 5.57. The van der Waals surface area contributed by atoms with Gasteiger partial charge in [-0.15, -0.1) is 0 Å². The Labute approximate surface area is 211 Å². The second-order valence-electron chi connectivity index (χ2n) is 9.39. The molecule has 12 heteroatoms. The Kier molecular flexibility index (Phi) is 6.98. The Hall–Kier alpha value is -3.18. The average molecular weight is 523 g/mol. The molecule has 1 amide bonds. The van der Waals surface area contributed by atoms with E-state index in [1.54, 1.807) is 26.8 Å². The third-order valence-corrected chi connectivity index (χ3v) is 5.88. The van der Waals surface area contributed by atoms with Gasteiger partial charge < -0.3 is 15.0 Å². The van der Waals surface area contributed by atoms with Gasteiger partial charge in [0, 0.05) is 44.2 Å². The standard InChI is InChI=1S/C24H26ClF3N6O2/c1-23(2,3)36-22(35)33(4)19-6-5-16(24(26,27)28)20(32-19)14-12-18-15(11-17(14)25)21(31-13-30-18)34-9-7-29-8-10-34/h5-6,11-13,29H,7-10H2,1-4H3. The number of hydrogen-bond acceptors (Lipinski definition) is 7. The summed E-state index contributed by atoms with van der Waals surface area (Å²) in [5.74, 6) is 0.643. The molecule has 0 radical (unpaired) electrons. The molecular weight excluding hydrogens is 497 g/mol. The van der Waals surface area contributed by atoms with E-state index in [2.05, 4.69) is 25.2 Å². The molecule has 0 spiro atoms. The summed E-state index contributed by atoms with van der Waals surface area (Å²) in [7, 11) is 1.38. The van der Waals surface area contributed by atoms with Crippen LogP contribution in [-0.2, 0) is 10.9 Å². The molecule has 1 saturated heterocycles. The molecule has 3 aromatic rings. The summed E-state index contributed by atoms with van der Waals surface area (Å²) in [5, 5.41) is 3.95. The lowest BCUT2D eigenvalue weighted by Crippen LogP contribution is -2.44. The number of carbonyl (C=O) groups excluding carboxylic acids is 1. The molecule has 0 unspecified atom stereocenters. The molecule has 0 saturated carbocycles. The van der Waals surface area contributed by atoms with Gasteiger partial charge in [-0.05, 0) is 45.0 Å². The second kappa shape index (κ2) is 9.70. The van der Waals surface area contributed by atoms with Gasteiger partial charge in [0.2, 0.25) is 0 Å². The molecule has 192 valence electrons. The molecule has 3 heterocycles. The quantitative estimate of drug-likeness (QED) is 0.509. The van der Waals surface area contributed by atoms with E-state index >= 15 is 0 Å². The minimum Gasteiger partial charge on any atom is -0.443 e. The van der Waals surface area contributed by atoms with Crippen LogP contribution in [0.2, 0.25) is 5.02 Å². The first-order valence-electron chi connectivity index (χ1n) is 11.3. The molecule has 0 bridgehead atoms. The van der Waals surface area contributed by atoms with Crippen molar-refractivity contribution in [1.29, 1.82) is 0 Å². The normalized spacial score (nSPS) is 14.7. The first-order valence-corrected chi connectivity index (χ1v) is 11.7. The third kappa shape index (κ3) is 5.46. The fraction of sp³-hybridized carbons (Fsp3) is 0.417. The highest BCUT2D eigenvalue weighted by Crippen LogP contribution is 2.41. The predicted molar refractivity (Wildman–Crippen MR) is 133 cm³/mol. The lowest BCUT2D eigenvalue weighted by Gasteiger charge is -2.29.